The number of nitrogens with zero attached hydrogens (tertiary/aromatic N) is 1. The molecule has 0 aliphatic carbocycles. The number of ether oxygens (including phenoxy) is 2. The Balaban J connectivity index is 1.63. The van der Waals surface area contributed by atoms with Gasteiger partial charge in [0.05, 0.1) is 20.3 Å². The SMILES string of the molecule is COc1ccc(CC(Cc2ccc(OC)cc2)N2C(=O)C(Sc3ccccc3)C2C=CC(C)=O)cc1. The molecule has 1 heterocycles. The number of rotatable bonds is 11. The van der Waals surface area contributed by atoms with E-state index in [1.807, 2.05) is 89.8 Å². The lowest BCUT2D eigenvalue weighted by molar-refractivity contribution is -0.146. The van der Waals surface area contributed by atoms with Gasteiger partial charge in [0, 0.05) is 10.9 Å². The van der Waals surface area contributed by atoms with Crippen LogP contribution in [0.3, 0.4) is 0 Å². The van der Waals surface area contributed by atoms with Crippen molar-refractivity contribution in [2.24, 2.45) is 0 Å². The first-order valence-electron chi connectivity index (χ1n) is 12.0. The van der Waals surface area contributed by atoms with E-state index in [1.54, 1.807) is 32.1 Å². The lowest BCUT2D eigenvalue weighted by Crippen LogP contribution is -2.66. The van der Waals surface area contributed by atoms with Crippen LogP contribution in [-0.4, -0.2) is 48.1 Å². The lowest BCUT2D eigenvalue weighted by Gasteiger charge is -2.50. The average Bonchev–Trinajstić information content (AvgIpc) is 2.90. The van der Waals surface area contributed by atoms with Crippen molar-refractivity contribution in [1.82, 2.24) is 4.90 Å². The Labute approximate surface area is 217 Å². The van der Waals surface area contributed by atoms with Crippen LogP contribution in [0, 0.1) is 0 Å². The van der Waals surface area contributed by atoms with E-state index in [0.29, 0.717) is 12.8 Å². The fourth-order valence-electron chi connectivity index (χ4n) is 4.46. The molecule has 186 valence electrons. The summed E-state index contributed by atoms with van der Waals surface area (Å²) < 4.78 is 10.6. The van der Waals surface area contributed by atoms with Crippen molar-refractivity contribution in [2.75, 3.05) is 14.2 Å². The zero-order chi connectivity index (χ0) is 25.5. The summed E-state index contributed by atoms with van der Waals surface area (Å²) in [6.45, 7) is 1.53. The summed E-state index contributed by atoms with van der Waals surface area (Å²) in [5.41, 5.74) is 2.24. The van der Waals surface area contributed by atoms with Gasteiger partial charge in [-0.15, -0.1) is 11.8 Å². The second-order valence-corrected chi connectivity index (χ2v) is 10.0. The van der Waals surface area contributed by atoms with E-state index in [1.165, 1.54) is 6.92 Å². The molecule has 1 aliphatic rings. The molecular weight excluding hydrogens is 470 g/mol. The van der Waals surface area contributed by atoms with Gasteiger partial charge in [0.15, 0.2) is 5.78 Å². The molecule has 36 heavy (non-hydrogen) atoms. The summed E-state index contributed by atoms with van der Waals surface area (Å²) in [4.78, 5) is 28.4. The maximum atomic E-state index is 13.6. The van der Waals surface area contributed by atoms with E-state index < -0.39 is 0 Å². The molecule has 0 bridgehead atoms. The number of amides is 1. The molecule has 1 aliphatic heterocycles. The molecule has 0 N–H and O–H groups in total. The summed E-state index contributed by atoms with van der Waals surface area (Å²) in [6.07, 6.45) is 4.85. The van der Waals surface area contributed by atoms with Crippen molar-refractivity contribution in [3.8, 4) is 11.5 Å². The average molecular weight is 502 g/mol. The van der Waals surface area contributed by atoms with E-state index in [0.717, 1.165) is 27.5 Å². The minimum atomic E-state index is -0.266. The first-order chi connectivity index (χ1) is 17.5. The van der Waals surface area contributed by atoms with Crippen molar-refractivity contribution < 1.29 is 19.1 Å². The maximum Gasteiger partial charge on any atom is 0.239 e. The van der Waals surface area contributed by atoms with Crippen LogP contribution in [-0.2, 0) is 22.4 Å². The first-order valence-corrected chi connectivity index (χ1v) is 12.8. The second kappa shape index (κ2) is 12.0. The molecule has 4 rings (SSSR count). The highest BCUT2D eigenvalue weighted by Gasteiger charge is 2.49. The second-order valence-electron chi connectivity index (χ2n) is 8.82. The Morgan fingerprint density at radius 3 is 1.89 bits per heavy atom. The number of carbonyl (C=O) groups is 2. The zero-order valence-electron chi connectivity index (χ0n) is 20.8. The molecule has 1 amide bonds. The molecular formula is C30H31NO4S. The quantitative estimate of drug-likeness (QED) is 0.261. The molecule has 2 atom stereocenters. The van der Waals surface area contributed by atoms with E-state index >= 15 is 0 Å². The number of allylic oxidation sites excluding steroid dienone is 1. The molecule has 0 aromatic heterocycles. The van der Waals surface area contributed by atoms with Crippen LogP contribution in [0.25, 0.3) is 0 Å². The molecule has 3 aromatic rings. The Morgan fingerprint density at radius 1 is 0.889 bits per heavy atom. The summed E-state index contributed by atoms with van der Waals surface area (Å²) in [6, 6.07) is 25.6. The van der Waals surface area contributed by atoms with Crippen LogP contribution in [0.2, 0.25) is 0 Å². The van der Waals surface area contributed by atoms with Crippen molar-refractivity contribution in [2.45, 2.75) is 42.0 Å². The highest BCUT2D eigenvalue weighted by atomic mass is 32.2. The van der Waals surface area contributed by atoms with Crippen LogP contribution < -0.4 is 9.47 Å². The normalized spacial score (nSPS) is 17.3. The molecule has 2 unspecified atom stereocenters. The minimum absolute atomic E-state index is 0.0281. The summed E-state index contributed by atoms with van der Waals surface area (Å²) in [5.74, 6) is 1.66. The topological polar surface area (TPSA) is 55.8 Å². The molecule has 5 nitrogen and oxygen atoms in total. The Bertz CT molecular complexity index is 1140. The predicted molar refractivity (Wildman–Crippen MR) is 144 cm³/mol. The van der Waals surface area contributed by atoms with E-state index in [9.17, 15) is 9.59 Å². The maximum absolute atomic E-state index is 13.6. The molecule has 0 saturated carbocycles. The van der Waals surface area contributed by atoms with Crippen molar-refractivity contribution in [3.05, 3.63) is 102 Å². The van der Waals surface area contributed by atoms with Gasteiger partial charge < -0.3 is 14.4 Å². The Morgan fingerprint density at radius 2 is 1.42 bits per heavy atom. The minimum Gasteiger partial charge on any atom is -0.497 e. The lowest BCUT2D eigenvalue weighted by atomic mass is 9.90. The number of hydrogen-bond donors (Lipinski definition) is 0. The Hall–Kier alpha value is -3.51. The molecule has 0 radical (unpaired) electrons. The van der Waals surface area contributed by atoms with Crippen molar-refractivity contribution in [3.63, 3.8) is 0 Å². The highest BCUT2D eigenvalue weighted by Crippen LogP contribution is 2.39. The van der Waals surface area contributed by atoms with Crippen LogP contribution in [0.15, 0.2) is 95.9 Å². The van der Waals surface area contributed by atoms with Gasteiger partial charge in [0.2, 0.25) is 5.91 Å². The van der Waals surface area contributed by atoms with Gasteiger partial charge in [0.1, 0.15) is 16.7 Å². The number of carbonyl (C=O) groups excluding carboxylic acids is 2. The van der Waals surface area contributed by atoms with Crippen molar-refractivity contribution in [1.29, 1.82) is 0 Å². The smallest absolute Gasteiger partial charge is 0.239 e. The number of methoxy groups -OCH3 is 2. The van der Waals surface area contributed by atoms with Gasteiger partial charge in [0.25, 0.3) is 0 Å². The van der Waals surface area contributed by atoms with Crippen molar-refractivity contribution >= 4 is 23.5 Å². The van der Waals surface area contributed by atoms with E-state index in [-0.39, 0.29) is 29.0 Å². The largest absolute Gasteiger partial charge is 0.497 e. The summed E-state index contributed by atoms with van der Waals surface area (Å²) >= 11 is 1.56. The monoisotopic (exact) mass is 501 g/mol. The fourth-order valence-corrected chi connectivity index (χ4v) is 5.65. The highest BCUT2D eigenvalue weighted by molar-refractivity contribution is 8.00. The first kappa shape index (κ1) is 25.6. The third-order valence-electron chi connectivity index (χ3n) is 6.32. The van der Waals surface area contributed by atoms with Gasteiger partial charge >= 0.3 is 0 Å². The van der Waals surface area contributed by atoms with Gasteiger partial charge in [-0.05, 0) is 73.4 Å². The number of β-lactam (4-membered cyclic amide) rings is 1. The third-order valence-corrected chi connectivity index (χ3v) is 7.60. The fraction of sp³-hybridized carbons (Fsp3) is 0.267. The van der Waals surface area contributed by atoms with Crippen LogP contribution in [0.1, 0.15) is 18.1 Å². The zero-order valence-corrected chi connectivity index (χ0v) is 21.6. The van der Waals surface area contributed by atoms with Crippen LogP contribution in [0.5, 0.6) is 11.5 Å². The van der Waals surface area contributed by atoms with Gasteiger partial charge in [-0.2, -0.15) is 0 Å². The standard InChI is InChI=1S/C30H31NO4S/c1-21(32)9-18-28-29(36-27-7-5-4-6-8-27)30(33)31(28)24(19-22-10-14-25(34-2)15-11-22)20-23-12-16-26(35-3)17-13-23/h4-18,24,28-29H,19-20H2,1-3H3. The van der Waals surface area contributed by atoms with E-state index in [4.69, 9.17) is 9.47 Å². The van der Waals surface area contributed by atoms with Crippen LogP contribution in [0.4, 0.5) is 0 Å². The molecule has 0 spiro atoms. The molecule has 1 fully saturated rings. The summed E-state index contributed by atoms with van der Waals surface area (Å²) in [5, 5.41) is -0.266. The molecule has 6 heteroatoms. The third kappa shape index (κ3) is 6.18. The van der Waals surface area contributed by atoms with Gasteiger partial charge in [-0.3, -0.25) is 9.59 Å². The molecule has 1 saturated heterocycles. The predicted octanol–water partition coefficient (Wildman–Crippen LogP) is 5.37. The number of hydrogen-bond acceptors (Lipinski definition) is 5. The Kier molecular flexibility index (Phi) is 8.49. The van der Waals surface area contributed by atoms with Gasteiger partial charge in [-0.1, -0.05) is 48.5 Å². The molecule has 3 aromatic carbocycles. The number of benzene rings is 3. The summed E-state index contributed by atoms with van der Waals surface area (Å²) in [7, 11) is 3.30. The van der Waals surface area contributed by atoms with Crippen LogP contribution >= 0.6 is 11.8 Å². The number of thioether (sulfide) groups is 1. The number of ketones is 1. The van der Waals surface area contributed by atoms with Gasteiger partial charge in [-0.25, -0.2) is 0 Å². The number of likely N-dealkylation sites (tertiary alicyclic amines) is 1. The van der Waals surface area contributed by atoms with E-state index in [2.05, 4.69) is 0 Å².